The molecule has 1 saturated heterocycles. The number of nitrogens with one attached hydrogen (secondary N) is 1. The summed E-state index contributed by atoms with van der Waals surface area (Å²) < 4.78 is 0. The standard InChI is InChI=1S/C14H21N3O2/c1-17(8-9-18)14(19)12-4-7-16-13(10-12)11-2-5-15-6-3-11/h4,7,10-11,15,18H,2-3,5-6,8-9H2,1H3. The summed E-state index contributed by atoms with van der Waals surface area (Å²) in [7, 11) is 1.70. The van der Waals surface area contributed by atoms with E-state index in [4.69, 9.17) is 5.11 Å². The molecule has 1 aromatic heterocycles. The monoisotopic (exact) mass is 263 g/mol. The van der Waals surface area contributed by atoms with E-state index in [1.165, 1.54) is 4.90 Å². The zero-order chi connectivity index (χ0) is 13.7. The minimum absolute atomic E-state index is 0.0194. The molecule has 2 N–H and O–H groups in total. The Kier molecular flexibility index (Phi) is 4.87. The topological polar surface area (TPSA) is 65.5 Å². The minimum atomic E-state index is -0.0633. The highest BCUT2D eigenvalue weighted by Gasteiger charge is 2.18. The van der Waals surface area contributed by atoms with E-state index in [2.05, 4.69) is 10.3 Å². The number of carbonyl (C=O) groups is 1. The molecule has 1 aliphatic rings. The molecule has 1 amide bonds. The first kappa shape index (κ1) is 14.0. The van der Waals surface area contributed by atoms with Crippen LogP contribution in [0, 0.1) is 0 Å². The largest absolute Gasteiger partial charge is 0.395 e. The van der Waals surface area contributed by atoms with Crippen molar-refractivity contribution in [3.63, 3.8) is 0 Å². The van der Waals surface area contributed by atoms with Crippen molar-refractivity contribution in [2.45, 2.75) is 18.8 Å². The predicted molar refractivity (Wildman–Crippen MR) is 73.1 cm³/mol. The van der Waals surface area contributed by atoms with Gasteiger partial charge < -0.3 is 15.3 Å². The average molecular weight is 263 g/mol. The Labute approximate surface area is 113 Å². The molecule has 5 nitrogen and oxygen atoms in total. The van der Waals surface area contributed by atoms with Gasteiger partial charge >= 0.3 is 0 Å². The van der Waals surface area contributed by atoms with E-state index in [1.807, 2.05) is 6.07 Å². The van der Waals surface area contributed by atoms with Crippen molar-refractivity contribution in [2.24, 2.45) is 0 Å². The van der Waals surface area contributed by atoms with E-state index in [0.29, 0.717) is 18.0 Å². The first-order valence-corrected chi connectivity index (χ1v) is 6.75. The summed E-state index contributed by atoms with van der Waals surface area (Å²) in [5.41, 5.74) is 1.66. The molecule has 104 valence electrons. The van der Waals surface area contributed by atoms with Gasteiger partial charge in [0.25, 0.3) is 5.91 Å². The first-order chi connectivity index (χ1) is 9.22. The summed E-state index contributed by atoms with van der Waals surface area (Å²) in [4.78, 5) is 18.1. The number of aliphatic hydroxyl groups is 1. The van der Waals surface area contributed by atoms with E-state index in [1.54, 1.807) is 19.3 Å². The molecular formula is C14H21N3O2. The summed E-state index contributed by atoms with van der Waals surface area (Å²) in [6.07, 6.45) is 3.84. The van der Waals surface area contributed by atoms with Gasteiger partial charge in [-0.25, -0.2) is 0 Å². The highest BCUT2D eigenvalue weighted by molar-refractivity contribution is 5.94. The Morgan fingerprint density at radius 1 is 1.53 bits per heavy atom. The van der Waals surface area contributed by atoms with Crippen LogP contribution in [0.3, 0.4) is 0 Å². The Hall–Kier alpha value is -1.46. The number of aliphatic hydroxyl groups excluding tert-OH is 1. The average Bonchev–Trinajstić information content (AvgIpc) is 2.48. The van der Waals surface area contributed by atoms with E-state index < -0.39 is 0 Å². The van der Waals surface area contributed by atoms with Gasteiger partial charge in [-0.05, 0) is 38.1 Å². The lowest BCUT2D eigenvalue weighted by molar-refractivity contribution is 0.0766. The van der Waals surface area contributed by atoms with Crippen LogP contribution >= 0.6 is 0 Å². The van der Waals surface area contributed by atoms with Crippen molar-refractivity contribution < 1.29 is 9.90 Å². The Bertz CT molecular complexity index is 430. The molecular weight excluding hydrogens is 242 g/mol. The fraction of sp³-hybridized carbons (Fsp3) is 0.571. The third-order valence-electron chi connectivity index (χ3n) is 3.57. The fourth-order valence-corrected chi connectivity index (χ4v) is 2.39. The van der Waals surface area contributed by atoms with Gasteiger partial charge in [-0.2, -0.15) is 0 Å². The quantitative estimate of drug-likeness (QED) is 0.835. The van der Waals surface area contributed by atoms with Gasteiger partial charge in [0.05, 0.1) is 6.61 Å². The van der Waals surface area contributed by atoms with Crippen LogP contribution in [0.4, 0.5) is 0 Å². The molecule has 2 heterocycles. The molecule has 0 radical (unpaired) electrons. The third-order valence-corrected chi connectivity index (χ3v) is 3.57. The van der Waals surface area contributed by atoms with Crippen LogP contribution in [0.2, 0.25) is 0 Å². The van der Waals surface area contributed by atoms with Crippen molar-refractivity contribution in [1.29, 1.82) is 0 Å². The van der Waals surface area contributed by atoms with Gasteiger partial charge in [0.15, 0.2) is 0 Å². The maximum atomic E-state index is 12.1. The van der Waals surface area contributed by atoms with E-state index in [9.17, 15) is 4.79 Å². The number of likely N-dealkylation sites (N-methyl/N-ethyl adjacent to an activating group) is 1. The number of piperidine rings is 1. The normalized spacial score (nSPS) is 16.3. The van der Waals surface area contributed by atoms with Crippen molar-refractivity contribution in [3.05, 3.63) is 29.6 Å². The second-order valence-electron chi connectivity index (χ2n) is 4.94. The van der Waals surface area contributed by atoms with Crippen LogP contribution in [0.15, 0.2) is 18.3 Å². The van der Waals surface area contributed by atoms with Gasteiger partial charge in [0.2, 0.25) is 0 Å². The molecule has 1 aromatic rings. The van der Waals surface area contributed by atoms with Gasteiger partial charge in [-0.15, -0.1) is 0 Å². The van der Waals surface area contributed by atoms with Gasteiger partial charge in [0.1, 0.15) is 0 Å². The van der Waals surface area contributed by atoms with E-state index >= 15 is 0 Å². The van der Waals surface area contributed by atoms with Gasteiger partial charge in [-0.1, -0.05) is 0 Å². The number of nitrogens with zero attached hydrogens (tertiary/aromatic N) is 2. The summed E-state index contributed by atoms with van der Waals surface area (Å²) in [5, 5.41) is 12.2. The smallest absolute Gasteiger partial charge is 0.253 e. The van der Waals surface area contributed by atoms with Crippen molar-refractivity contribution >= 4 is 5.91 Å². The van der Waals surface area contributed by atoms with E-state index in [0.717, 1.165) is 31.6 Å². The highest BCUT2D eigenvalue weighted by atomic mass is 16.3. The second kappa shape index (κ2) is 6.63. The molecule has 0 aliphatic carbocycles. The molecule has 0 aromatic carbocycles. The third kappa shape index (κ3) is 3.52. The second-order valence-corrected chi connectivity index (χ2v) is 4.94. The molecule has 2 rings (SSSR count). The molecule has 0 saturated carbocycles. The number of hydrogen-bond donors (Lipinski definition) is 2. The number of amides is 1. The summed E-state index contributed by atoms with van der Waals surface area (Å²) in [6.45, 7) is 2.35. The molecule has 0 atom stereocenters. The summed E-state index contributed by atoms with van der Waals surface area (Å²) >= 11 is 0. The van der Waals surface area contributed by atoms with Crippen LogP contribution in [0.1, 0.15) is 34.8 Å². The number of aromatic nitrogens is 1. The van der Waals surface area contributed by atoms with Crippen molar-refractivity contribution in [3.8, 4) is 0 Å². The molecule has 0 spiro atoms. The van der Waals surface area contributed by atoms with Crippen LogP contribution in [-0.4, -0.2) is 54.2 Å². The number of pyridine rings is 1. The van der Waals surface area contributed by atoms with Gasteiger partial charge in [0, 0.05) is 37.0 Å². The Morgan fingerprint density at radius 3 is 2.95 bits per heavy atom. The molecule has 1 aliphatic heterocycles. The lowest BCUT2D eigenvalue weighted by Gasteiger charge is -2.23. The molecule has 0 bridgehead atoms. The zero-order valence-electron chi connectivity index (χ0n) is 11.3. The number of hydrogen-bond acceptors (Lipinski definition) is 4. The molecule has 5 heteroatoms. The van der Waals surface area contributed by atoms with Crippen molar-refractivity contribution in [2.75, 3.05) is 33.3 Å². The zero-order valence-corrected chi connectivity index (χ0v) is 11.3. The predicted octanol–water partition coefficient (Wildman–Crippen LogP) is 0.613. The number of rotatable bonds is 4. The van der Waals surface area contributed by atoms with Crippen LogP contribution in [-0.2, 0) is 0 Å². The summed E-state index contributed by atoms with van der Waals surface area (Å²) in [6, 6.07) is 3.63. The minimum Gasteiger partial charge on any atom is -0.395 e. The fourth-order valence-electron chi connectivity index (χ4n) is 2.39. The first-order valence-electron chi connectivity index (χ1n) is 6.75. The summed E-state index contributed by atoms with van der Waals surface area (Å²) in [5.74, 6) is 0.379. The Morgan fingerprint density at radius 2 is 2.26 bits per heavy atom. The maximum Gasteiger partial charge on any atom is 0.253 e. The molecule has 0 unspecified atom stereocenters. The highest BCUT2D eigenvalue weighted by Crippen LogP contribution is 2.24. The molecule has 1 fully saturated rings. The number of carbonyl (C=O) groups excluding carboxylic acids is 1. The van der Waals surface area contributed by atoms with Crippen LogP contribution in [0.5, 0.6) is 0 Å². The lowest BCUT2D eigenvalue weighted by Crippen LogP contribution is -2.30. The molecule has 19 heavy (non-hydrogen) atoms. The maximum absolute atomic E-state index is 12.1. The van der Waals surface area contributed by atoms with Crippen molar-refractivity contribution in [1.82, 2.24) is 15.2 Å². The van der Waals surface area contributed by atoms with Gasteiger partial charge in [-0.3, -0.25) is 9.78 Å². The van der Waals surface area contributed by atoms with Crippen LogP contribution < -0.4 is 5.32 Å². The van der Waals surface area contributed by atoms with Crippen LogP contribution in [0.25, 0.3) is 0 Å². The van der Waals surface area contributed by atoms with E-state index in [-0.39, 0.29) is 12.5 Å². The lowest BCUT2D eigenvalue weighted by atomic mass is 9.93. The Balaban J connectivity index is 2.12. The SMILES string of the molecule is CN(CCO)C(=O)c1ccnc(C2CCNCC2)c1.